The number of ether oxygens (including phenoxy) is 1. The molecule has 2 aliphatic rings. The molecule has 3 N–H and O–H groups in total. The molecule has 1 aromatic heterocycles. The van der Waals surface area contributed by atoms with E-state index in [-0.39, 0.29) is 18.9 Å². The fraction of sp³-hybridized carbons (Fsp3) is 0.600. The lowest BCUT2D eigenvalue weighted by molar-refractivity contribution is -0.0361. The Kier molecular flexibility index (Phi) is 6.17. The second-order valence-electron chi connectivity index (χ2n) is 7.79. The molecule has 0 amide bonds. The van der Waals surface area contributed by atoms with Crippen LogP contribution in [-0.2, 0) is 4.74 Å². The van der Waals surface area contributed by atoms with Crippen molar-refractivity contribution in [3.63, 3.8) is 0 Å². The normalized spacial score (nSPS) is 21.3. The molecule has 1 saturated heterocycles. The number of allylic oxidation sites excluding steroid dienone is 2. The van der Waals surface area contributed by atoms with Gasteiger partial charge >= 0.3 is 0 Å². The van der Waals surface area contributed by atoms with Crippen molar-refractivity contribution in [3.05, 3.63) is 23.9 Å². The first-order valence-corrected chi connectivity index (χ1v) is 9.68. The van der Waals surface area contributed by atoms with E-state index in [1.165, 1.54) is 0 Å². The molecule has 0 aromatic carbocycles. The number of alkyl halides is 2. The third-order valence-corrected chi connectivity index (χ3v) is 5.17. The minimum absolute atomic E-state index is 0.0103. The largest absolute Gasteiger partial charge is 0.402 e. The Morgan fingerprint density at radius 2 is 2.00 bits per heavy atom. The van der Waals surface area contributed by atoms with Crippen LogP contribution in [0.2, 0.25) is 0 Å². The van der Waals surface area contributed by atoms with E-state index in [2.05, 4.69) is 20.2 Å². The van der Waals surface area contributed by atoms with Gasteiger partial charge in [-0.25, -0.2) is 18.8 Å². The summed E-state index contributed by atoms with van der Waals surface area (Å²) in [5.74, 6) is -1.33. The van der Waals surface area contributed by atoms with Crippen molar-refractivity contribution in [2.24, 2.45) is 10.7 Å². The molecule has 1 aromatic rings. The molecule has 6 nitrogen and oxygen atoms in total. The van der Waals surface area contributed by atoms with Gasteiger partial charge in [0, 0.05) is 55.2 Å². The molecule has 154 valence electrons. The van der Waals surface area contributed by atoms with Gasteiger partial charge in [-0.1, -0.05) is 0 Å². The Labute approximate surface area is 164 Å². The molecule has 0 atom stereocenters. The lowest BCUT2D eigenvalue weighted by Gasteiger charge is -2.36. The first kappa shape index (κ1) is 20.5. The molecule has 3 rings (SSSR count). The summed E-state index contributed by atoms with van der Waals surface area (Å²) < 4.78 is 32.2. The van der Waals surface area contributed by atoms with Gasteiger partial charge in [0.25, 0.3) is 0 Å². The van der Waals surface area contributed by atoms with Crippen molar-refractivity contribution in [2.45, 2.75) is 57.5 Å². The zero-order chi connectivity index (χ0) is 20.3. The smallest absolute Gasteiger partial charge is 0.248 e. The highest BCUT2D eigenvalue weighted by molar-refractivity contribution is 5.95. The Balaban J connectivity index is 1.83. The zero-order valence-corrected chi connectivity index (χ0v) is 16.7. The molecule has 0 radical (unpaired) electrons. The van der Waals surface area contributed by atoms with Gasteiger partial charge in [-0.15, -0.1) is 0 Å². The van der Waals surface area contributed by atoms with E-state index >= 15 is 0 Å². The minimum atomic E-state index is -2.54. The summed E-state index contributed by atoms with van der Waals surface area (Å²) in [5.41, 5.74) is 8.12. The van der Waals surface area contributed by atoms with Crippen molar-refractivity contribution in [1.82, 2.24) is 4.98 Å². The molecular formula is C20H29F2N5O. The third kappa shape index (κ3) is 5.41. The Hall–Kier alpha value is -2.22. The highest BCUT2D eigenvalue weighted by Gasteiger charge is 2.35. The number of rotatable bonds is 6. The van der Waals surface area contributed by atoms with Crippen molar-refractivity contribution < 1.29 is 13.5 Å². The lowest BCUT2D eigenvalue weighted by atomic mass is 9.92. The molecule has 0 bridgehead atoms. The van der Waals surface area contributed by atoms with E-state index in [1.807, 2.05) is 26.1 Å². The number of pyridine rings is 1. The fourth-order valence-electron chi connectivity index (χ4n) is 3.43. The van der Waals surface area contributed by atoms with E-state index < -0.39 is 5.92 Å². The summed E-state index contributed by atoms with van der Waals surface area (Å²) >= 11 is 0. The van der Waals surface area contributed by atoms with E-state index in [9.17, 15) is 8.78 Å². The number of halogens is 2. The zero-order valence-electron chi connectivity index (χ0n) is 16.7. The number of nitrogens with zero attached hydrogens (tertiary/aromatic N) is 3. The highest BCUT2D eigenvalue weighted by atomic mass is 19.3. The number of nitrogens with two attached hydrogens (primary N) is 1. The maximum Gasteiger partial charge on any atom is 0.248 e. The van der Waals surface area contributed by atoms with Crippen molar-refractivity contribution in [1.29, 1.82) is 0 Å². The first-order chi connectivity index (χ1) is 13.2. The molecule has 1 aliphatic heterocycles. The average Bonchev–Trinajstić information content (AvgIpc) is 2.54. The van der Waals surface area contributed by atoms with Gasteiger partial charge in [-0.2, -0.15) is 0 Å². The molecule has 2 heterocycles. The van der Waals surface area contributed by atoms with Crippen LogP contribution in [0.4, 0.5) is 26.1 Å². The van der Waals surface area contributed by atoms with Crippen LogP contribution in [0.15, 0.2) is 28.9 Å². The molecule has 0 spiro atoms. The van der Waals surface area contributed by atoms with E-state index in [1.54, 1.807) is 13.0 Å². The first-order valence-electron chi connectivity index (χ1n) is 9.68. The van der Waals surface area contributed by atoms with Gasteiger partial charge in [-0.3, -0.25) is 0 Å². The quantitative estimate of drug-likeness (QED) is 0.718. The summed E-state index contributed by atoms with van der Waals surface area (Å²) in [6.07, 6.45) is 2.47. The predicted octanol–water partition coefficient (Wildman–Crippen LogP) is 3.86. The second-order valence-corrected chi connectivity index (χ2v) is 7.79. The van der Waals surface area contributed by atoms with Gasteiger partial charge in [0.1, 0.15) is 5.82 Å². The number of nitrogens with one attached hydrogen (secondary N) is 1. The maximum atomic E-state index is 13.4. The average molecular weight is 393 g/mol. The minimum Gasteiger partial charge on any atom is -0.402 e. The van der Waals surface area contributed by atoms with Gasteiger partial charge in [0.05, 0.1) is 19.3 Å². The van der Waals surface area contributed by atoms with Crippen LogP contribution in [0, 0.1) is 0 Å². The summed E-state index contributed by atoms with van der Waals surface area (Å²) in [6, 6.07) is 4.17. The van der Waals surface area contributed by atoms with Crippen LogP contribution in [0.25, 0.3) is 0 Å². The second kappa shape index (κ2) is 8.43. The van der Waals surface area contributed by atoms with Crippen molar-refractivity contribution >= 4 is 23.0 Å². The predicted molar refractivity (Wildman–Crippen MR) is 109 cm³/mol. The highest BCUT2D eigenvalue weighted by Crippen LogP contribution is 2.35. The van der Waals surface area contributed by atoms with Crippen LogP contribution in [-0.4, -0.2) is 49.0 Å². The standard InChI is InChI=1S/C20H29F2N5O/c1-13(23)8-14(2)24-18-9-16(27(3)17-11-28-12-17)10-19(26-18)25-15-4-6-20(21,22)7-5-15/h8-10,15,17H,4-7,11-12,23H2,1-3H3,(H,25,26). The Morgan fingerprint density at radius 1 is 1.32 bits per heavy atom. The molecular weight excluding hydrogens is 364 g/mol. The van der Waals surface area contributed by atoms with E-state index in [0.717, 1.165) is 11.4 Å². The molecule has 28 heavy (non-hydrogen) atoms. The Bertz CT molecular complexity index is 747. The lowest BCUT2D eigenvalue weighted by Crippen LogP contribution is -2.47. The van der Waals surface area contributed by atoms with Gasteiger partial charge in [0.15, 0.2) is 5.82 Å². The molecule has 8 heteroatoms. The van der Waals surface area contributed by atoms with Crippen LogP contribution in [0.1, 0.15) is 39.5 Å². The van der Waals surface area contributed by atoms with Gasteiger partial charge in [0.2, 0.25) is 5.92 Å². The topological polar surface area (TPSA) is 75.8 Å². The van der Waals surface area contributed by atoms with E-state index in [0.29, 0.717) is 49.4 Å². The van der Waals surface area contributed by atoms with Crippen LogP contribution < -0.4 is 16.0 Å². The monoisotopic (exact) mass is 393 g/mol. The van der Waals surface area contributed by atoms with Crippen LogP contribution in [0.3, 0.4) is 0 Å². The van der Waals surface area contributed by atoms with Crippen LogP contribution >= 0.6 is 0 Å². The number of hydrogen-bond acceptors (Lipinski definition) is 6. The van der Waals surface area contributed by atoms with Crippen LogP contribution in [0.5, 0.6) is 0 Å². The van der Waals surface area contributed by atoms with Gasteiger partial charge in [-0.05, 0) is 32.8 Å². The number of aliphatic imine (C=N–C) groups is 1. The van der Waals surface area contributed by atoms with Crippen molar-refractivity contribution in [2.75, 3.05) is 30.5 Å². The summed E-state index contributed by atoms with van der Waals surface area (Å²) in [6.45, 7) is 5.04. The molecule has 1 saturated carbocycles. The number of aromatic nitrogens is 1. The van der Waals surface area contributed by atoms with Crippen molar-refractivity contribution in [3.8, 4) is 0 Å². The molecule has 2 fully saturated rings. The maximum absolute atomic E-state index is 13.4. The summed E-state index contributed by atoms with van der Waals surface area (Å²) in [5, 5.41) is 3.33. The summed E-state index contributed by atoms with van der Waals surface area (Å²) in [4.78, 5) is 11.3. The summed E-state index contributed by atoms with van der Waals surface area (Å²) in [7, 11) is 2.01. The number of hydrogen-bond donors (Lipinski definition) is 2. The SMILES string of the molecule is CC(N)=CC(C)=Nc1cc(N(C)C2COC2)cc(NC2CCC(F)(F)CC2)n1. The Morgan fingerprint density at radius 3 is 2.57 bits per heavy atom. The third-order valence-electron chi connectivity index (χ3n) is 5.17. The molecule has 1 aliphatic carbocycles. The van der Waals surface area contributed by atoms with Gasteiger partial charge < -0.3 is 20.7 Å². The van der Waals surface area contributed by atoms with E-state index in [4.69, 9.17) is 10.5 Å². The molecule has 0 unspecified atom stereocenters. The number of anilines is 2. The fourth-order valence-corrected chi connectivity index (χ4v) is 3.43. The number of likely N-dealkylation sites (N-methyl/N-ethyl adjacent to an activating group) is 1.